The number of halogens is 2. The third kappa shape index (κ3) is 3.73. The first-order valence-electron chi connectivity index (χ1n) is 10.2. The van der Waals surface area contributed by atoms with Gasteiger partial charge in [-0.3, -0.25) is 4.68 Å². The number of hydrogen-bond donors (Lipinski definition) is 2. The molecule has 0 unspecified atom stereocenters. The zero-order chi connectivity index (χ0) is 24.6. The number of pyridine rings is 1. The van der Waals surface area contributed by atoms with E-state index in [9.17, 15) is 18.7 Å². The van der Waals surface area contributed by atoms with E-state index >= 15 is 0 Å². The maximum atomic E-state index is 14.8. The maximum Gasteiger partial charge on any atom is 0.407 e. The van der Waals surface area contributed by atoms with Crippen molar-refractivity contribution in [3.8, 4) is 23.3 Å². The molecule has 34 heavy (non-hydrogen) atoms. The van der Waals surface area contributed by atoms with Crippen molar-refractivity contribution >= 4 is 28.9 Å². The molecule has 176 valence electrons. The number of fused-ring (bicyclic) bond motifs is 1. The predicted molar refractivity (Wildman–Crippen MR) is 121 cm³/mol. The van der Waals surface area contributed by atoms with E-state index in [-0.39, 0.29) is 35.6 Å². The van der Waals surface area contributed by atoms with Crippen LogP contribution < -0.4 is 15.2 Å². The van der Waals surface area contributed by atoms with Gasteiger partial charge in [0.15, 0.2) is 23.1 Å². The third-order valence-corrected chi connectivity index (χ3v) is 5.66. The number of aromatic nitrogens is 3. The van der Waals surface area contributed by atoms with Crippen molar-refractivity contribution in [2.45, 2.75) is 12.5 Å². The van der Waals surface area contributed by atoms with Crippen molar-refractivity contribution in [3.63, 3.8) is 0 Å². The minimum absolute atomic E-state index is 0.119. The van der Waals surface area contributed by atoms with Crippen LogP contribution in [0, 0.1) is 23.5 Å². The number of nitrogen functional groups attached to an aromatic ring is 1. The minimum Gasteiger partial charge on any atom is -0.493 e. The molecule has 3 aromatic rings. The van der Waals surface area contributed by atoms with Crippen LogP contribution in [0.2, 0.25) is 0 Å². The maximum absolute atomic E-state index is 14.8. The van der Waals surface area contributed by atoms with Crippen LogP contribution in [-0.4, -0.2) is 58.2 Å². The molecule has 3 heterocycles. The molecule has 1 aromatic carbocycles. The molecule has 9 nitrogen and oxygen atoms in total. The Kier molecular flexibility index (Phi) is 5.98. The van der Waals surface area contributed by atoms with Gasteiger partial charge in [-0.1, -0.05) is 18.6 Å². The van der Waals surface area contributed by atoms with E-state index in [0.29, 0.717) is 29.4 Å². The molecule has 0 saturated carbocycles. The summed E-state index contributed by atoms with van der Waals surface area (Å²) in [5.41, 5.74) is 6.89. The van der Waals surface area contributed by atoms with Crippen LogP contribution in [0.3, 0.4) is 0 Å². The minimum atomic E-state index is -1.03. The first-order valence-corrected chi connectivity index (χ1v) is 10.2. The molecule has 0 radical (unpaired) electrons. The SMILES string of the molecule is C=Cc1cnc(N)c2c(C#Cc3c(F)c(OC)cc(OC)c3F)nn([C@H]3CCN(C(=O)O)C3)c12. The summed E-state index contributed by atoms with van der Waals surface area (Å²) in [5, 5.41) is 14.3. The van der Waals surface area contributed by atoms with E-state index in [1.54, 1.807) is 10.8 Å². The van der Waals surface area contributed by atoms with E-state index in [0.717, 1.165) is 6.07 Å². The second kappa shape index (κ2) is 8.90. The fourth-order valence-corrected chi connectivity index (χ4v) is 3.95. The largest absolute Gasteiger partial charge is 0.493 e. The smallest absolute Gasteiger partial charge is 0.407 e. The average molecular weight is 469 g/mol. The fraction of sp³-hybridized carbons (Fsp3) is 0.261. The molecule has 1 atom stereocenters. The van der Waals surface area contributed by atoms with Crippen molar-refractivity contribution in [3.05, 3.63) is 47.3 Å². The number of ether oxygens (including phenoxy) is 2. The predicted octanol–water partition coefficient (Wildman–Crippen LogP) is 3.28. The Balaban J connectivity index is 1.91. The van der Waals surface area contributed by atoms with Gasteiger partial charge in [-0.15, -0.1) is 0 Å². The molecule has 0 bridgehead atoms. The van der Waals surface area contributed by atoms with Gasteiger partial charge in [0.05, 0.1) is 31.2 Å². The van der Waals surface area contributed by atoms with Crippen LogP contribution in [0.1, 0.15) is 29.3 Å². The monoisotopic (exact) mass is 469 g/mol. The Hall–Kier alpha value is -4.33. The van der Waals surface area contributed by atoms with Gasteiger partial charge in [-0.2, -0.15) is 5.10 Å². The van der Waals surface area contributed by atoms with E-state index < -0.39 is 23.3 Å². The Bertz CT molecular complexity index is 1350. The molecule has 2 aromatic heterocycles. The van der Waals surface area contributed by atoms with Gasteiger partial charge >= 0.3 is 6.09 Å². The van der Waals surface area contributed by atoms with Crippen LogP contribution >= 0.6 is 0 Å². The van der Waals surface area contributed by atoms with Gasteiger partial charge in [-0.25, -0.2) is 18.6 Å². The van der Waals surface area contributed by atoms with Crippen molar-refractivity contribution in [2.75, 3.05) is 33.0 Å². The highest BCUT2D eigenvalue weighted by Gasteiger charge is 2.30. The number of nitrogens with two attached hydrogens (primary N) is 1. The van der Waals surface area contributed by atoms with Crippen LogP contribution in [0.4, 0.5) is 19.4 Å². The summed E-state index contributed by atoms with van der Waals surface area (Å²) in [6.07, 6.45) is 2.59. The standard InChI is InChI=1S/C23H21F2N5O4/c1-4-12-10-27-22(26)18-15(28-30(21(12)18)13-7-8-29(11-13)23(31)32)6-5-14-19(24)16(33-2)9-17(34-3)20(14)25/h4,9-10,13H,1,7-8,11H2,2-3H3,(H2,26,27)(H,31,32)/t13-/m0/s1. The highest BCUT2D eigenvalue weighted by Crippen LogP contribution is 2.33. The number of likely N-dealkylation sites (tertiary alicyclic amines) is 1. The second-order valence-corrected chi connectivity index (χ2v) is 7.52. The Labute approximate surface area is 193 Å². The Morgan fingerprint density at radius 3 is 2.53 bits per heavy atom. The molecule has 3 N–H and O–H groups in total. The lowest BCUT2D eigenvalue weighted by molar-refractivity contribution is 0.154. The van der Waals surface area contributed by atoms with Crippen molar-refractivity contribution < 1.29 is 28.2 Å². The molecule has 1 saturated heterocycles. The number of nitrogens with zero attached hydrogens (tertiary/aromatic N) is 4. The molecule has 1 amide bonds. The average Bonchev–Trinajstić information content (AvgIpc) is 3.46. The molecule has 11 heteroatoms. The normalized spacial score (nSPS) is 15.2. The summed E-state index contributed by atoms with van der Waals surface area (Å²) in [7, 11) is 2.49. The van der Waals surface area contributed by atoms with Gasteiger partial charge in [0.1, 0.15) is 17.1 Å². The summed E-state index contributed by atoms with van der Waals surface area (Å²) in [6.45, 7) is 4.35. The zero-order valence-electron chi connectivity index (χ0n) is 18.4. The molecule has 1 fully saturated rings. The quantitative estimate of drug-likeness (QED) is 0.564. The second-order valence-electron chi connectivity index (χ2n) is 7.52. The number of anilines is 1. The van der Waals surface area contributed by atoms with Crippen LogP contribution in [0.5, 0.6) is 11.5 Å². The van der Waals surface area contributed by atoms with Crippen molar-refractivity contribution in [1.29, 1.82) is 0 Å². The van der Waals surface area contributed by atoms with E-state index in [1.165, 1.54) is 25.3 Å². The van der Waals surface area contributed by atoms with Crippen molar-refractivity contribution in [2.24, 2.45) is 0 Å². The number of rotatable bonds is 4. The first-order chi connectivity index (χ1) is 16.3. The number of methoxy groups -OCH3 is 2. The van der Waals surface area contributed by atoms with Crippen molar-refractivity contribution in [1.82, 2.24) is 19.7 Å². The number of hydrogen-bond acceptors (Lipinski definition) is 6. The van der Waals surface area contributed by atoms with Gasteiger partial charge < -0.3 is 25.2 Å². The van der Waals surface area contributed by atoms with Gasteiger partial charge in [-0.05, 0) is 12.3 Å². The zero-order valence-corrected chi connectivity index (χ0v) is 18.4. The summed E-state index contributed by atoms with van der Waals surface area (Å²) in [4.78, 5) is 16.8. The number of benzene rings is 1. The number of carboxylic acid groups (broad SMARTS) is 1. The summed E-state index contributed by atoms with van der Waals surface area (Å²) in [5.74, 6) is 2.88. The van der Waals surface area contributed by atoms with E-state index in [1.807, 2.05) is 0 Å². The summed E-state index contributed by atoms with van der Waals surface area (Å²) in [6, 6.07) is 0.798. The lowest BCUT2D eigenvalue weighted by Crippen LogP contribution is -2.27. The lowest BCUT2D eigenvalue weighted by Gasteiger charge is -2.14. The highest BCUT2D eigenvalue weighted by molar-refractivity contribution is 5.98. The summed E-state index contributed by atoms with van der Waals surface area (Å²) >= 11 is 0. The molecule has 1 aliphatic rings. The topological polar surface area (TPSA) is 116 Å². The molecule has 4 rings (SSSR count). The Morgan fingerprint density at radius 2 is 1.97 bits per heavy atom. The molecule has 0 spiro atoms. The van der Waals surface area contributed by atoms with Crippen LogP contribution in [0.15, 0.2) is 18.8 Å². The van der Waals surface area contributed by atoms with E-state index in [4.69, 9.17) is 15.2 Å². The Morgan fingerprint density at radius 1 is 1.29 bits per heavy atom. The van der Waals surface area contributed by atoms with E-state index in [2.05, 4.69) is 28.5 Å². The molecule has 0 aliphatic carbocycles. The summed E-state index contributed by atoms with van der Waals surface area (Å²) < 4.78 is 41.1. The number of carbonyl (C=O) groups is 1. The van der Waals surface area contributed by atoms with Crippen LogP contribution in [-0.2, 0) is 0 Å². The van der Waals surface area contributed by atoms with Gasteiger partial charge in [0.25, 0.3) is 0 Å². The lowest BCUT2D eigenvalue weighted by atomic mass is 10.1. The van der Waals surface area contributed by atoms with Gasteiger partial charge in [0, 0.05) is 30.9 Å². The van der Waals surface area contributed by atoms with Gasteiger partial charge in [0.2, 0.25) is 0 Å². The first kappa shape index (κ1) is 22.8. The molecular formula is C23H21F2N5O4. The highest BCUT2D eigenvalue weighted by atomic mass is 19.1. The molecular weight excluding hydrogens is 448 g/mol. The third-order valence-electron chi connectivity index (χ3n) is 5.66. The van der Waals surface area contributed by atoms with Crippen LogP contribution in [0.25, 0.3) is 17.0 Å². The fourth-order valence-electron chi connectivity index (χ4n) is 3.95. The number of amides is 1. The molecule has 1 aliphatic heterocycles.